The monoisotopic (exact) mass is 562 g/mol. The van der Waals surface area contributed by atoms with E-state index in [1.165, 1.54) is 25.0 Å². The van der Waals surface area contributed by atoms with Crippen LogP contribution in [-0.4, -0.2) is 62.0 Å². The molecule has 1 aromatic carbocycles. The first-order valence-electron chi connectivity index (χ1n) is 13.6. The van der Waals surface area contributed by atoms with Gasteiger partial charge in [0.15, 0.2) is 17.3 Å². The van der Waals surface area contributed by atoms with Gasteiger partial charge in [0.1, 0.15) is 5.82 Å². The number of aromatic amines is 1. The SMILES string of the molecule is O=C(Cc1ccc(CN2CCN(c3nccc(Nc4cc(C5CC5)[nH]n4)n3)CC2)cc1)c1cccnc1C(F)(F)F. The highest BCUT2D eigenvalue weighted by atomic mass is 19.4. The fraction of sp³-hybridized carbons (Fsp3) is 0.345. The highest BCUT2D eigenvalue weighted by molar-refractivity contribution is 5.98. The lowest BCUT2D eigenvalue weighted by Crippen LogP contribution is -2.46. The van der Waals surface area contributed by atoms with Gasteiger partial charge < -0.3 is 10.2 Å². The molecule has 0 bridgehead atoms. The molecule has 6 rings (SSSR count). The Morgan fingerprint density at radius 1 is 0.951 bits per heavy atom. The van der Waals surface area contributed by atoms with E-state index < -0.39 is 23.2 Å². The number of Topliss-reactive ketones (excluding diaryl/α,β-unsaturated/α-hetero) is 1. The van der Waals surface area contributed by atoms with Crippen molar-refractivity contribution in [3.05, 3.63) is 89.0 Å². The second-order valence-electron chi connectivity index (χ2n) is 10.4. The van der Waals surface area contributed by atoms with Crippen LogP contribution in [0.4, 0.5) is 30.8 Å². The standard InChI is InChI=1S/C29H29F3N8O/c30-29(31,32)27-22(2-1-10-33-27)24(41)16-19-3-5-20(6-4-19)18-39-12-14-40(15-13-39)28-34-11-9-25(36-28)35-26-17-23(37-38-26)21-7-8-21/h1-6,9-11,17,21H,7-8,12-16,18H2,(H2,34,35,36,37,38). The number of H-pyrrole nitrogens is 1. The van der Waals surface area contributed by atoms with Crippen LogP contribution in [0.15, 0.2) is 60.9 Å². The number of nitrogens with zero attached hydrogens (tertiary/aromatic N) is 6. The summed E-state index contributed by atoms with van der Waals surface area (Å²) in [5.41, 5.74) is 1.33. The zero-order valence-electron chi connectivity index (χ0n) is 22.2. The molecule has 1 aliphatic heterocycles. The number of alkyl halides is 3. The van der Waals surface area contributed by atoms with Crippen molar-refractivity contribution >= 4 is 23.4 Å². The van der Waals surface area contributed by atoms with Crippen molar-refractivity contribution in [1.29, 1.82) is 0 Å². The third-order valence-corrected chi connectivity index (χ3v) is 7.34. The Balaban J connectivity index is 1.00. The number of rotatable bonds is 9. The van der Waals surface area contributed by atoms with Gasteiger partial charge in [-0.05, 0) is 42.2 Å². The second-order valence-corrected chi connectivity index (χ2v) is 10.4. The minimum Gasteiger partial charge on any atom is -0.338 e. The molecule has 41 heavy (non-hydrogen) atoms. The molecule has 3 aromatic heterocycles. The van der Waals surface area contributed by atoms with Gasteiger partial charge in [0.25, 0.3) is 0 Å². The highest BCUT2D eigenvalue weighted by Crippen LogP contribution is 2.39. The summed E-state index contributed by atoms with van der Waals surface area (Å²) in [6.07, 6.45) is 0.409. The Kier molecular flexibility index (Phi) is 7.39. The number of ketones is 1. The van der Waals surface area contributed by atoms with Crippen molar-refractivity contribution < 1.29 is 18.0 Å². The third-order valence-electron chi connectivity index (χ3n) is 7.34. The lowest BCUT2D eigenvalue weighted by atomic mass is 10.0. The number of piperazine rings is 1. The normalized spacial score (nSPS) is 16.1. The van der Waals surface area contributed by atoms with Crippen LogP contribution in [0.2, 0.25) is 0 Å². The lowest BCUT2D eigenvalue weighted by molar-refractivity contribution is -0.141. The Hall–Kier alpha value is -4.32. The fourth-order valence-electron chi connectivity index (χ4n) is 4.97. The summed E-state index contributed by atoms with van der Waals surface area (Å²) in [6, 6.07) is 13.8. The van der Waals surface area contributed by atoms with Crippen LogP contribution < -0.4 is 10.2 Å². The van der Waals surface area contributed by atoms with E-state index in [0.717, 1.165) is 56.0 Å². The predicted octanol–water partition coefficient (Wildman–Crippen LogP) is 4.98. The molecule has 4 heterocycles. The Labute approximate surface area is 234 Å². The average Bonchev–Trinajstić information content (AvgIpc) is 3.72. The number of hydrogen-bond donors (Lipinski definition) is 2. The van der Waals surface area contributed by atoms with Gasteiger partial charge in [-0.15, -0.1) is 0 Å². The molecular formula is C29H29F3N8O. The van der Waals surface area contributed by atoms with Crippen molar-refractivity contribution in [2.24, 2.45) is 0 Å². The van der Waals surface area contributed by atoms with Gasteiger partial charge in [0.05, 0.1) is 0 Å². The van der Waals surface area contributed by atoms with Gasteiger partial charge in [-0.2, -0.15) is 23.3 Å². The Bertz CT molecular complexity index is 1510. The molecule has 2 N–H and O–H groups in total. The smallest absolute Gasteiger partial charge is 0.338 e. The van der Waals surface area contributed by atoms with Crippen LogP contribution in [0, 0.1) is 0 Å². The number of carbonyl (C=O) groups excluding carboxylic acids is 1. The van der Waals surface area contributed by atoms with Crippen molar-refractivity contribution in [2.45, 2.75) is 37.9 Å². The van der Waals surface area contributed by atoms with Crippen molar-refractivity contribution in [1.82, 2.24) is 30.0 Å². The van der Waals surface area contributed by atoms with E-state index in [2.05, 4.69) is 40.3 Å². The maximum absolute atomic E-state index is 13.2. The van der Waals surface area contributed by atoms with Crippen LogP contribution >= 0.6 is 0 Å². The molecule has 1 aliphatic carbocycles. The lowest BCUT2D eigenvalue weighted by Gasteiger charge is -2.34. The summed E-state index contributed by atoms with van der Waals surface area (Å²) in [7, 11) is 0. The summed E-state index contributed by atoms with van der Waals surface area (Å²) in [5.74, 6) is 2.11. The number of anilines is 3. The first-order chi connectivity index (χ1) is 19.8. The zero-order valence-corrected chi connectivity index (χ0v) is 22.2. The second kappa shape index (κ2) is 11.3. The van der Waals surface area contributed by atoms with Crippen molar-refractivity contribution in [3.63, 3.8) is 0 Å². The summed E-state index contributed by atoms with van der Waals surface area (Å²) in [5, 5.41) is 10.7. The van der Waals surface area contributed by atoms with Gasteiger partial charge >= 0.3 is 6.18 Å². The number of halogens is 3. The van der Waals surface area contributed by atoms with Gasteiger partial charge in [-0.3, -0.25) is 19.8 Å². The number of benzene rings is 1. The number of aromatic nitrogens is 5. The van der Waals surface area contributed by atoms with Crippen LogP contribution in [0.5, 0.6) is 0 Å². The number of pyridine rings is 1. The molecule has 2 fully saturated rings. The molecule has 0 amide bonds. The van der Waals surface area contributed by atoms with E-state index >= 15 is 0 Å². The first-order valence-corrected chi connectivity index (χ1v) is 13.6. The number of hydrogen-bond acceptors (Lipinski definition) is 8. The Morgan fingerprint density at radius 3 is 2.44 bits per heavy atom. The predicted molar refractivity (Wildman–Crippen MR) is 147 cm³/mol. The highest BCUT2D eigenvalue weighted by Gasteiger charge is 2.36. The Morgan fingerprint density at radius 2 is 1.71 bits per heavy atom. The van der Waals surface area contributed by atoms with Crippen molar-refractivity contribution in [3.8, 4) is 0 Å². The summed E-state index contributed by atoms with van der Waals surface area (Å²) < 4.78 is 39.7. The maximum atomic E-state index is 13.2. The summed E-state index contributed by atoms with van der Waals surface area (Å²) >= 11 is 0. The zero-order chi connectivity index (χ0) is 28.4. The first kappa shape index (κ1) is 26.9. The molecule has 0 spiro atoms. The quantitative estimate of drug-likeness (QED) is 0.276. The molecule has 0 radical (unpaired) electrons. The molecule has 9 nitrogen and oxygen atoms in total. The summed E-state index contributed by atoms with van der Waals surface area (Å²) in [6.45, 7) is 3.93. The van der Waals surface area contributed by atoms with Crippen molar-refractivity contribution in [2.75, 3.05) is 36.4 Å². The van der Waals surface area contributed by atoms with E-state index in [1.54, 1.807) is 18.3 Å². The molecule has 1 saturated carbocycles. The van der Waals surface area contributed by atoms with E-state index in [-0.39, 0.29) is 6.42 Å². The minimum absolute atomic E-state index is 0.122. The molecule has 212 valence electrons. The molecule has 0 atom stereocenters. The number of nitrogens with one attached hydrogen (secondary N) is 2. The van der Waals surface area contributed by atoms with Crippen LogP contribution in [-0.2, 0) is 19.1 Å². The van der Waals surface area contributed by atoms with Crippen LogP contribution in [0.3, 0.4) is 0 Å². The van der Waals surface area contributed by atoms with Crippen LogP contribution in [0.1, 0.15) is 51.6 Å². The minimum atomic E-state index is -4.67. The van der Waals surface area contributed by atoms with E-state index in [0.29, 0.717) is 23.2 Å². The molecule has 12 heteroatoms. The molecule has 2 aliphatic rings. The molecule has 1 saturated heterocycles. The van der Waals surface area contributed by atoms with Crippen LogP contribution in [0.25, 0.3) is 0 Å². The maximum Gasteiger partial charge on any atom is 0.434 e. The fourth-order valence-corrected chi connectivity index (χ4v) is 4.97. The molecular weight excluding hydrogens is 533 g/mol. The molecule has 0 unspecified atom stereocenters. The van der Waals surface area contributed by atoms with Gasteiger partial charge in [0.2, 0.25) is 5.95 Å². The largest absolute Gasteiger partial charge is 0.434 e. The number of carbonyl (C=O) groups is 1. The topological polar surface area (TPSA) is 103 Å². The van der Waals surface area contributed by atoms with Gasteiger partial charge in [-0.25, -0.2) is 4.98 Å². The van der Waals surface area contributed by atoms with Gasteiger partial charge in [0, 0.05) is 74.8 Å². The van der Waals surface area contributed by atoms with E-state index in [9.17, 15) is 18.0 Å². The third kappa shape index (κ3) is 6.54. The van der Waals surface area contributed by atoms with Gasteiger partial charge in [-0.1, -0.05) is 24.3 Å². The molecule has 4 aromatic rings. The van der Waals surface area contributed by atoms with E-state index in [4.69, 9.17) is 0 Å². The average molecular weight is 563 g/mol. The van der Waals surface area contributed by atoms with E-state index in [1.807, 2.05) is 24.3 Å². The summed E-state index contributed by atoms with van der Waals surface area (Å²) in [4.78, 5) is 29.6.